The molecule has 4 heteroatoms. The van der Waals surface area contributed by atoms with E-state index in [0.717, 1.165) is 32.0 Å². The molecule has 0 radical (unpaired) electrons. The minimum absolute atomic E-state index is 0.0262. The number of nitrogens with zero attached hydrogens (tertiary/aromatic N) is 3. The van der Waals surface area contributed by atoms with Crippen LogP contribution in [0.3, 0.4) is 0 Å². The zero-order valence-electron chi connectivity index (χ0n) is 13.6. The van der Waals surface area contributed by atoms with Gasteiger partial charge in [0, 0.05) is 19.1 Å². The lowest BCUT2D eigenvalue weighted by molar-refractivity contribution is -0.139. The highest BCUT2D eigenvalue weighted by molar-refractivity contribution is 5.82. The molecule has 116 valence electrons. The number of carbonyl (C=O) groups excluding carboxylic acids is 1. The van der Waals surface area contributed by atoms with E-state index in [1.165, 1.54) is 25.9 Å². The molecule has 0 aromatic carbocycles. The molecule has 1 amide bonds. The Morgan fingerprint density at radius 2 is 1.60 bits per heavy atom. The average Bonchev–Trinajstić information content (AvgIpc) is 2.91. The van der Waals surface area contributed by atoms with Crippen molar-refractivity contribution in [3.8, 4) is 0 Å². The Morgan fingerprint density at radius 3 is 2.05 bits per heavy atom. The second kappa shape index (κ2) is 6.90. The molecule has 0 aromatic heterocycles. The Balaban J connectivity index is 1.87. The van der Waals surface area contributed by atoms with Crippen molar-refractivity contribution in [3.63, 3.8) is 0 Å². The van der Waals surface area contributed by atoms with Crippen molar-refractivity contribution in [3.05, 3.63) is 0 Å². The van der Waals surface area contributed by atoms with Crippen LogP contribution in [0.15, 0.2) is 0 Å². The van der Waals surface area contributed by atoms with Gasteiger partial charge in [0.15, 0.2) is 0 Å². The van der Waals surface area contributed by atoms with Crippen LogP contribution >= 0.6 is 0 Å². The third-order valence-electron chi connectivity index (χ3n) is 4.87. The van der Waals surface area contributed by atoms with E-state index in [-0.39, 0.29) is 6.04 Å². The Hall–Kier alpha value is -0.610. The smallest absolute Gasteiger partial charge is 0.240 e. The van der Waals surface area contributed by atoms with E-state index in [1.54, 1.807) is 0 Å². The molecule has 1 atom stereocenters. The van der Waals surface area contributed by atoms with Crippen LogP contribution in [0.1, 0.15) is 39.5 Å². The molecule has 0 spiro atoms. The van der Waals surface area contributed by atoms with Gasteiger partial charge in [-0.15, -0.1) is 0 Å². The highest BCUT2D eigenvalue weighted by atomic mass is 16.2. The zero-order chi connectivity index (χ0) is 14.7. The zero-order valence-corrected chi connectivity index (χ0v) is 13.6. The monoisotopic (exact) mass is 281 g/mol. The van der Waals surface area contributed by atoms with Gasteiger partial charge in [0.05, 0.1) is 6.04 Å². The maximum Gasteiger partial charge on any atom is 0.240 e. The van der Waals surface area contributed by atoms with Crippen molar-refractivity contribution in [2.45, 2.75) is 51.6 Å². The van der Waals surface area contributed by atoms with Gasteiger partial charge in [0.25, 0.3) is 0 Å². The van der Waals surface area contributed by atoms with Gasteiger partial charge in [-0.25, -0.2) is 0 Å². The fourth-order valence-corrected chi connectivity index (χ4v) is 3.85. The van der Waals surface area contributed by atoms with E-state index in [0.29, 0.717) is 11.8 Å². The molecule has 0 aliphatic carbocycles. The average molecular weight is 281 g/mol. The lowest BCUT2D eigenvalue weighted by Gasteiger charge is -2.39. The van der Waals surface area contributed by atoms with Crippen LogP contribution in [0, 0.1) is 5.92 Å². The number of rotatable bonds is 4. The Labute approximate surface area is 124 Å². The van der Waals surface area contributed by atoms with Crippen molar-refractivity contribution >= 4 is 5.91 Å². The molecule has 0 bridgehead atoms. The Kier molecular flexibility index (Phi) is 5.44. The number of piperidine rings is 1. The van der Waals surface area contributed by atoms with Crippen LogP contribution in [-0.2, 0) is 4.79 Å². The number of carbonyl (C=O) groups is 1. The first-order valence-corrected chi connectivity index (χ1v) is 8.20. The van der Waals surface area contributed by atoms with Crippen molar-refractivity contribution in [2.75, 3.05) is 40.3 Å². The van der Waals surface area contributed by atoms with Gasteiger partial charge in [-0.2, -0.15) is 0 Å². The molecule has 4 nitrogen and oxygen atoms in total. The van der Waals surface area contributed by atoms with Gasteiger partial charge < -0.3 is 9.80 Å². The predicted molar refractivity (Wildman–Crippen MR) is 82.7 cm³/mol. The van der Waals surface area contributed by atoms with Gasteiger partial charge in [-0.3, -0.25) is 9.69 Å². The van der Waals surface area contributed by atoms with Crippen LogP contribution in [0.25, 0.3) is 0 Å². The molecule has 2 aliphatic heterocycles. The molecular weight excluding hydrogens is 250 g/mol. The van der Waals surface area contributed by atoms with Crippen molar-refractivity contribution in [1.29, 1.82) is 0 Å². The van der Waals surface area contributed by atoms with E-state index in [4.69, 9.17) is 0 Å². The van der Waals surface area contributed by atoms with Gasteiger partial charge in [0.1, 0.15) is 0 Å². The summed E-state index contributed by atoms with van der Waals surface area (Å²) in [4.78, 5) is 19.5. The summed E-state index contributed by atoms with van der Waals surface area (Å²) >= 11 is 0. The molecular formula is C16H31N3O. The SMILES string of the molecule is CC(C)[C@H](C(=O)N1CCC(N2CCCC2)CC1)N(C)C. The second-order valence-corrected chi connectivity index (χ2v) is 6.95. The van der Waals surface area contributed by atoms with Gasteiger partial charge in [-0.1, -0.05) is 13.8 Å². The summed E-state index contributed by atoms with van der Waals surface area (Å²) in [5.74, 6) is 0.693. The Morgan fingerprint density at radius 1 is 1.05 bits per heavy atom. The summed E-state index contributed by atoms with van der Waals surface area (Å²) in [6.45, 7) is 8.70. The first-order chi connectivity index (χ1) is 9.50. The van der Waals surface area contributed by atoms with Gasteiger partial charge >= 0.3 is 0 Å². The molecule has 2 rings (SSSR count). The molecule has 0 aromatic rings. The second-order valence-electron chi connectivity index (χ2n) is 6.95. The summed E-state index contributed by atoms with van der Waals surface area (Å²) in [7, 11) is 4.03. The van der Waals surface area contributed by atoms with Crippen LogP contribution in [0.2, 0.25) is 0 Å². The minimum Gasteiger partial charge on any atom is -0.341 e. The van der Waals surface area contributed by atoms with Crippen LogP contribution < -0.4 is 0 Å². The fourth-order valence-electron chi connectivity index (χ4n) is 3.85. The largest absolute Gasteiger partial charge is 0.341 e. The van der Waals surface area contributed by atoms with E-state index in [1.807, 2.05) is 14.1 Å². The molecule has 0 unspecified atom stereocenters. The summed E-state index contributed by atoms with van der Waals surface area (Å²) in [6.07, 6.45) is 5.03. The molecule has 2 heterocycles. The van der Waals surface area contributed by atoms with E-state index < -0.39 is 0 Å². The third-order valence-corrected chi connectivity index (χ3v) is 4.87. The number of hydrogen-bond donors (Lipinski definition) is 0. The number of amides is 1. The summed E-state index contributed by atoms with van der Waals surface area (Å²) in [5, 5.41) is 0. The topological polar surface area (TPSA) is 26.8 Å². The fraction of sp³-hybridized carbons (Fsp3) is 0.938. The maximum atomic E-state index is 12.7. The lowest BCUT2D eigenvalue weighted by Crippen LogP contribution is -2.53. The van der Waals surface area contributed by atoms with Gasteiger partial charge in [-0.05, 0) is 58.8 Å². The van der Waals surface area contributed by atoms with E-state index in [2.05, 4.69) is 28.5 Å². The predicted octanol–water partition coefficient (Wildman–Crippen LogP) is 1.66. The first kappa shape index (κ1) is 15.8. The quantitative estimate of drug-likeness (QED) is 0.784. The Bertz CT molecular complexity index is 308. The summed E-state index contributed by atoms with van der Waals surface area (Å²) in [5.41, 5.74) is 0. The lowest BCUT2D eigenvalue weighted by atomic mass is 9.98. The standard InChI is InChI=1S/C16H31N3O/c1-13(2)15(17(3)4)16(20)19-11-7-14(8-12-19)18-9-5-6-10-18/h13-15H,5-12H2,1-4H3/t15-/m1/s1. The summed E-state index contributed by atoms with van der Waals surface area (Å²) in [6, 6.07) is 0.747. The highest BCUT2D eigenvalue weighted by Gasteiger charge is 2.33. The third kappa shape index (κ3) is 3.53. The molecule has 0 N–H and O–H groups in total. The number of likely N-dealkylation sites (tertiary alicyclic amines) is 2. The normalized spacial score (nSPS) is 23.8. The molecule has 20 heavy (non-hydrogen) atoms. The number of likely N-dealkylation sites (N-methyl/N-ethyl adjacent to an activating group) is 1. The molecule has 2 aliphatic rings. The molecule has 2 fully saturated rings. The minimum atomic E-state index is 0.0262. The molecule has 0 saturated carbocycles. The van der Waals surface area contributed by atoms with Crippen molar-refractivity contribution < 1.29 is 4.79 Å². The van der Waals surface area contributed by atoms with Crippen LogP contribution in [-0.4, -0.2) is 73.0 Å². The number of hydrogen-bond acceptors (Lipinski definition) is 3. The van der Waals surface area contributed by atoms with Crippen LogP contribution in [0.4, 0.5) is 0 Å². The van der Waals surface area contributed by atoms with E-state index >= 15 is 0 Å². The molecule has 2 saturated heterocycles. The van der Waals surface area contributed by atoms with Crippen molar-refractivity contribution in [2.24, 2.45) is 5.92 Å². The first-order valence-electron chi connectivity index (χ1n) is 8.20. The van der Waals surface area contributed by atoms with Crippen molar-refractivity contribution in [1.82, 2.24) is 14.7 Å². The van der Waals surface area contributed by atoms with Crippen LogP contribution in [0.5, 0.6) is 0 Å². The maximum absolute atomic E-state index is 12.7. The van der Waals surface area contributed by atoms with Gasteiger partial charge in [0.2, 0.25) is 5.91 Å². The van der Waals surface area contributed by atoms with E-state index in [9.17, 15) is 4.79 Å². The summed E-state index contributed by atoms with van der Waals surface area (Å²) < 4.78 is 0. The highest BCUT2D eigenvalue weighted by Crippen LogP contribution is 2.22.